The zero-order valence-corrected chi connectivity index (χ0v) is 17.0. The Morgan fingerprint density at radius 1 is 1.27 bits per heavy atom. The highest BCUT2D eigenvalue weighted by molar-refractivity contribution is 5.85. The second-order valence-corrected chi connectivity index (χ2v) is 7.03. The van der Waals surface area contributed by atoms with Gasteiger partial charge in [0.2, 0.25) is 5.91 Å². The van der Waals surface area contributed by atoms with Gasteiger partial charge < -0.3 is 20.7 Å². The molecule has 2 aliphatic rings. The Morgan fingerprint density at radius 3 is 2.81 bits per heavy atom. The molecule has 1 aliphatic carbocycles. The molecule has 1 amide bonds. The lowest BCUT2D eigenvalue weighted by atomic mass is 9.94. The first-order valence-electron chi connectivity index (χ1n) is 9.10. The lowest BCUT2D eigenvalue weighted by molar-refractivity contribution is -0.126. The lowest BCUT2D eigenvalue weighted by Crippen LogP contribution is -2.50. The fraction of sp³-hybridized carbons (Fsp3) is 0.632. The van der Waals surface area contributed by atoms with Crippen LogP contribution in [0.5, 0.6) is 5.75 Å². The van der Waals surface area contributed by atoms with Crippen LogP contribution in [-0.4, -0.2) is 38.7 Å². The van der Waals surface area contributed by atoms with Crippen LogP contribution in [0.15, 0.2) is 24.3 Å². The maximum atomic E-state index is 12.6. The van der Waals surface area contributed by atoms with E-state index in [1.165, 1.54) is 0 Å². The van der Waals surface area contributed by atoms with E-state index >= 15 is 0 Å². The number of rotatable bonds is 5. The van der Waals surface area contributed by atoms with Crippen LogP contribution in [0.2, 0.25) is 0 Å². The number of anilines is 1. The molecule has 1 heterocycles. The fourth-order valence-electron chi connectivity index (χ4n) is 4.11. The van der Waals surface area contributed by atoms with Gasteiger partial charge in [-0.15, -0.1) is 24.8 Å². The van der Waals surface area contributed by atoms with Crippen molar-refractivity contribution in [2.45, 2.75) is 38.1 Å². The van der Waals surface area contributed by atoms with E-state index in [2.05, 4.69) is 22.3 Å². The number of methoxy groups -OCH3 is 1. The summed E-state index contributed by atoms with van der Waals surface area (Å²) in [4.78, 5) is 15.0. The number of hydrogen-bond donors (Lipinski definition) is 2. The average molecular weight is 404 g/mol. The van der Waals surface area contributed by atoms with Gasteiger partial charge in [0.1, 0.15) is 5.75 Å². The van der Waals surface area contributed by atoms with Crippen molar-refractivity contribution in [2.75, 3.05) is 31.6 Å². The molecule has 0 spiro atoms. The number of hydrogen-bond acceptors (Lipinski definition) is 4. The van der Waals surface area contributed by atoms with Gasteiger partial charge in [0.25, 0.3) is 0 Å². The molecule has 148 valence electrons. The second kappa shape index (κ2) is 10.9. The Hall–Kier alpha value is -1.17. The van der Waals surface area contributed by atoms with E-state index in [1.54, 1.807) is 7.11 Å². The molecule has 1 aromatic carbocycles. The number of carbonyl (C=O) groups is 1. The number of nitrogens with zero attached hydrogens (tertiary/aromatic N) is 1. The van der Waals surface area contributed by atoms with E-state index in [-0.39, 0.29) is 42.7 Å². The summed E-state index contributed by atoms with van der Waals surface area (Å²) in [5.74, 6) is 1.56. The monoisotopic (exact) mass is 403 g/mol. The third-order valence-electron chi connectivity index (χ3n) is 5.48. The molecule has 1 saturated heterocycles. The minimum atomic E-state index is 0. The Morgan fingerprint density at radius 2 is 2.08 bits per heavy atom. The predicted octanol–water partition coefficient (Wildman–Crippen LogP) is 3.00. The topological polar surface area (TPSA) is 67.6 Å². The van der Waals surface area contributed by atoms with E-state index in [0.29, 0.717) is 12.5 Å². The molecule has 0 aromatic heterocycles. The maximum absolute atomic E-state index is 12.6. The molecular formula is C19H31Cl2N3O2. The number of nitrogens with one attached hydrogen (secondary N) is 1. The van der Waals surface area contributed by atoms with Crippen LogP contribution in [0, 0.1) is 11.8 Å². The SMILES string of the molecule is COc1cccc(N2CCCC(NC(=O)[C@@H]3CCC[C@@H]3CN)C2)c1.Cl.Cl. The standard InChI is InChI=1S/C19H29N3O2.2ClH/c1-24-17-8-3-7-16(11-17)22-10-4-6-15(13-22)21-19(23)18-9-2-5-14(18)12-20;;/h3,7-8,11,14-15,18H,2,4-6,9-10,12-13,20H2,1H3,(H,21,23);2*1H/t14-,15?,18-;;/m1../s1. The first kappa shape index (κ1) is 22.9. The van der Waals surface area contributed by atoms with Crippen LogP contribution < -0.4 is 20.7 Å². The Labute approximate surface area is 168 Å². The van der Waals surface area contributed by atoms with Crippen LogP contribution in [0.1, 0.15) is 32.1 Å². The molecule has 0 radical (unpaired) electrons. The highest BCUT2D eigenvalue weighted by Gasteiger charge is 2.33. The van der Waals surface area contributed by atoms with Crippen molar-refractivity contribution >= 4 is 36.4 Å². The summed E-state index contributed by atoms with van der Waals surface area (Å²) >= 11 is 0. The number of halogens is 2. The third-order valence-corrected chi connectivity index (χ3v) is 5.48. The first-order chi connectivity index (χ1) is 11.7. The quantitative estimate of drug-likeness (QED) is 0.792. The summed E-state index contributed by atoms with van der Waals surface area (Å²) in [6, 6.07) is 8.36. The van der Waals surface area contributed by atoms with E-state index in [0.717, 1.165) is 56.6 Å². The second-order valence-electron chi connectivity index (χ2n) is 7.03. The van der Waals surface area contributed by atoms with Gasteiger partial charge in [-0.1, -0.05) is 12.5 Å². The van der Waals surface area contributed by atoms with Gasteiger partial charge in [0, 0.05) is 36.8 Å². The molecular weight excluding hydrogens is 373 g/mol. The zero-order chi connectivity index (χ0) is 16.9. The van der Waals surface area contributed by atoms with Gasteiger partial charge in [-0.3, -0.25) is 4.79 Å². The minimum absolute atomic E-state index is 0. The molecule has 3 N–H and O–H groups in total. The van der Waals surface area contributed by atoms with Gasteiger partial charge in [0.05, 0.1) is 7.11 Å². The van der Waals surface area contributed by atoms with Crippen molar-refractivity contribution in [1.29, 1.82) is 0 Å². The molecule has 5 nitrogen and oxygen atoms in total. The summed E-state index contributed by atoms with van der Waals surface area (Å²) < 4.78 is 5.32. The first-order valence-corrected chi connectivity index (χ1v) is 9.10. The van der Waals surface area contributed by atoms with Crippen molar-refractivity contribution in [2.24, 2.45) is 17.6 Å². The molecule has 7 heteroatoms. The van der Waals surface area contributed by atoms with E-state index < -0.39 is 0 Å². The molecule has 3 rings (SSSR count). The summed E-state index contributed by atoms with van der Waals surface area (Å²) in [5, 5.41) is 3.29. The highest BCUT2D eigenvalue weighted by Crippen LogP contribution is 2.31. The van der Waals surface area contributed by atoms with Crippen molar-refractivity contribution in [3.8, 4) is 5.75 Å². The summed E-state index contributed by atoms with van der Waals surface area (Å²) in [7, 11) is 1.69. The van der Waals surface area contributed by atoms with Crippen LogP contribution in [0.25, 0.3) is 0 Å². The van der Waals surface area contributed by atoms with Crippen molar-refractivity contribution in [3.63, 3.8) is 0 Å². The molecule has 1 unspecified atom stereocenters. The molecule has 1 aromatic rings. The molecule has 1 saturated carbocycles. The van der Waals surface area contributed by atoms with Crippen LogP contribution in [-0.2, 0) is 4.79 Å². The van der Waals surface area contributed by atoms with E-state index in [4.69, 9.17) is 10.5 Å². The molecule has 1 aliphatic heterocycles. The maximum Gasteiger partial charge on any atom is 0.223 e. The normalized spacial score (nSPS) is 25.0. The summed E-state index contributed by atoms with van der Waals surface area (Å²) in [5.41, 5.74) is 6.98. The lowest BCUT2D eigenvalue weighted by Gasteiger charge is -2.35. The van der Waals surface area contributed by atoms with Gasteiger partial charge in [-0.05, 0) is 50.3 Å². The Kier molecular flexibility index (Phi) is 9.55. The Bertz CT molecular complexity index is 573. The summed E-state index contributed by atoms with van der Waals surface area (Å²) in [6.45, 7) is 2.51. The van der Waals surface area contributed by atoms with E-state index in [1.807, 2.05) is 12.1 Å². The molecule has 2 fully saturated rings. The zero-order valence-electron chi connectivity index (χ0n) is 15.4. The van der Waals surface area contributed by atoms with Gasteiger partial charge >= 0.3 is 0 Å². The number of carbonyl (C=O) groups excluding carboxylic acids is 1. The highest BCUT2D eigenvalue weighted by atomic mass is 35.5. The number of amides is 1. The van der Waals surface area contributed by atoms with Crippen molar-refractivity contribution in [3.05, 3.63) is 24.3 Å². The smallest absolute Gasteiger partial charge is 0.223 e. The Balaban J connectivity index is 0.00000169. The molecule has 3 atom stereocenters. The van der Waals surface area contributed by atoms with Gasteiger partial charge in [0.15, 0.2) is 0 Å². The molecule has 0 bridgehead atoms. The van der Waals surface area contributed by atoms with Crippen LogP contribution >= 0.6 is 24.8 Å². The van der Waals surface area contributed by atoms with Gasteiger partial charge in [-0.2, -0.15) is 0 Å². The van der Waals surface area contributed by atoms with Crippen LogP contribution in [0.4, 0.5) is 5.69 Å². The largest absolute Gasteiger partial charge is 0.497 e. The fourth-order valence-corrected chi connectivity index (χ4v) is 4.11. The number of benzene rings is 1. The average Bonchev–Trinajstić information content (AvgIpc) is 3.11. The van der Waals surface area contributed by atoms with Gasteiger partial charge in [-0.25, -0.2) is 0 Å². The van der Waals surface area contributed by atoms with Crippen molar-refractivity contribution < 1.29 is 9.53 Å². The number of ether oxygens (including phenoxy) is 1. The predicted molar refractivity (Wildman–Crippen MR) is 111 cm³/mol. The van der Waals surface area contributed by atoms with E-state index in [9.17, 15) is 4.79 Å². The van der Waals surface area contributed by atoms with Crippen LogP contribution in [0.3, 0.4) is 0 Å². The van der Waals surface area contributed by atoms with Crippen molar-refractivity contribution in [1.82, 2.24) is 5.32 Å². The number of piperidine rings is 1. The number of nitrogens with two attached hydrogens (primary N) is 1. The molecule has 26 heavy (non-hydrogen) atoms. The third kappa shape index (κ3) is 5.41. The summed E-state index contributed by atoms with van der Waals surface area (Å²) in [6.07, 6.45) is 5.34. The minimum Gasteiger partial charge on any atom is -0.497 e.